The van der Waals surface area contributed by atoms with Crippen molar-refractivity contribution in [1.29, 1.82) is 0 Å². The molecule has 15 heavy (non-hydrogen) atoms. The second-order valence-electron chi connectivity index (χ2n) is 5.30. The zero-order chi connectivity index (χ0) is 10.8. The predicted octanol–water partition coefficient (Wildman–Crippen LogP) is 3.52. The molecule has 2 rings (SSSR count). The van der Waals surface area contributed by atoms with Crippen LogP contribution in [0.2, 0.25) is 0 Å². The fraction of sp³-hybridized carbons (Fsp3) is 0.846. The number of rotatable bonds is 1. The minimum atomic E-state index is 0.356. The number of hydrogen-bond donors (Lipinski definition) is 1. The average Bonchev–Trinajstić information content (AvgIpc) is 2.24. The average molecular weight is 319 g/mol. The van der Waals surface area contributed by atoms with Gasteiger partial charge in [-0.3, -0.25) is 0 Å². The molecule has 0 aromatic carbocycles. The summed E-state index contributed by atoms with van der Waals surface area (Å²) in [5, 5.41) is 0. The van der Waals surface area contributed by atoms with Gasteiger partial charge in [0.25, 0.3) is 0 Å². The van der Waals surface area contributed by atoms with Gasteiger partial charge in [-0.05, 0) is 43.9 Å². The lowest BCUT2D eigenvalue weighted by Crippen LogP contribution is -2.36. The van der Waals surface area contributed by atoms with Crippen LogP contribution < -0.4 is 5.73 Å². The summed E-state index contributed by atoms with van der Waals surface area (Å²) in [4.78, 5) is 0. The van der Waals surface area contributed by atoms with Crippen LogP contribution in [-0.4, -0.2) is 9.97 Å². The van der Waals surface area contributed by atoms with Gasteiger partial charge in [0.05, 0.1) is 0 Å². The minimum absolute atomic E-state index is 0.356. The van der Waals surface area contributed by atoms with Crippen LogP contribution in [0.5, 0.6) is 0 Å². The highest BCUT2D eigenvalue weighted by atomic mass is 127. The maximum absolute atomic E-state index is 6.15. The molecule has 0 radical (unpaired) electrons. The molecular weight excluding hydrogens is 297 g/mol. The van der Waals surface area contributed by atoms with E-state index in [0.29, 0.717) is 12.0 Å². The zero-order valence-electron chi connectivity index (χ0n) is 9.53. The second-order valence-corrected chi connectivity index (χ2v) is 6.73. The molecule has 0 amide bonds. The third-order valence-corrected chi connectivity index (χ3v) is 5.91. The quantitative estimate of drug-likeness (QED) is 0.447. The molecular formula is C13H22IN. The molecule has 2 N–H and O–H groups in total. The van der Waals surface area contributed by atoms with Gasteiger partial charge in [-0.1, -0.05) is 47.6 Å². The molecule has 2 aliphatic rings. The van der Waals surface area contributed by atoms with Crippen LogP contribution in [0.3, 0.4) is 0 Å². The summed E-state index contributed by atoms with van der Waals surface area (Å²) in [6, 6.07) is 0.356. The Bertz CT molecular complexity index is 237. The number of hydrogen-bond acceptors (Lipinski definition) is 1. The molecule has 0 heterocycles. The van der Waals surface area contributed by atoms with E-state index in [0.717, 1.165) is 15.8 Å². The lowest BCUT2D eigenvalue weighted by atomic mass is 9.86. The van der Waals surface area contributed by atoms with Crippen LogP contribution in [0.1, 0.15) is 39.0 Å². The van der Waals surface area contributed by atoms with Crippen molar-refractivity contribution in [3.63, 3.8) is 0 Å². The molecule has 0 aromatic heterocycles. The SMILES string of the molecule is CC(N)[C@H]1CC2C=CC(CCCC2)C1I. The molecule has 2 bridgehead atoms. The Morgan fingerprint density at radius 3 is 2.73 bits per heavy atom. The predicted molar refractivity (Wildman–Crippen MR) is 74.2 cm³/mol. The maximum Gasteiger partial charge on any atom is 0.0215 e. The summed E-state index contributed by atoms with van der Waals surface area (Å²) >= 11 is 2.65. The summed E-state index contributed by atoms with van der Waals surface area (Å²) < 4.78 is 0.752. The van der Waals surface area contributed by atoms with Crippen molar-refractivity contribution in [2.24, 2.45) is 23.5 Å². The number of fused-ring (bicyclic) bond motifs is 2. The normalized spacial score (nSPS) is 43.1. The van der Waals surface area contributed by atoms with E-state index in [9.17, 15) is 0 Å². The monoisotopic (exact) mass is 319 g/mol. The Kier molecular flexibility index (Phi) is 4.10. The molecule has 2 aliphatic carbocycles. The van der Waals surface area contributed by atoms with Gasteiger partial charge in [0.1, 0.15) is 0 Å². The first kappa shape index (κ1) is 11.9. The minimum Gasteiger partial charge on any atom is -0.328 e. The van der Waals surface area contributed by atoms with Crippen LogP contribution in [0.25, 0.3) is 0 Å². The molecule has 0 aromatic rings. The molecule has 5 atom stereocenters. The van der Waals surface area contributed by atoms with E-state index in [1.54, 1.807) is 0 Å². The maximum atomic E-state index is 6.15. The highest BCUT2D eigenvalue weighted by Crippen LogP contribution is 2.39. The van der Waals surface area contributed by atoms with Gasteiger partial charge >= 0.3 is 0 Å². The van der Waals surface area contributed by atoms with Gasteiger partial charge in [0.15, 0.2) is 0 Å². The summed E-state index contributed by atoms with van der Waals surface area (Å²) in [6.45, 7) is 2.19. The number of nitrogens with two attached hydrogens (primary N) is 1. The molecule has 0 fully saturated rings. The highest BCUT2D eigenvalue weighted by Gasteiger charge is 2.33. The van der Waals surface area contributed by atoms with Gasteiger partial charge in [-0.15, -0.1) is 0 Å². The largest absolute Gasteiger partial charge is 0.328 e. The Morgan fingerprint density at radius 1 is 1.27 bits per heavy atom. The van der Waals surface area contributed by atoms with Gasteiger partial charge in [-0.2, -0.15) is 0 Å². The fourth-order valence-electron chi connectivity index (χ4n) is 3.04. The van der Waals surface area contributed by atoms with Crippen molar-refractivity contribution in [3.05, 3.63) is 12.2 Å². The van der Waals surface area contributed by atoms with E-state index in [1.807, 2.05) is 0 Å². The van der Waals surface area contributed by atoms with Crippen LogP contribution in [0.4, 0.5) is 0 Å². The molecule has 0 saturated heterocycles. The topological polar surface area (TPSA) is 26.0 Å². The second kappa shape index (κ2) is 5.17. The van der Waals surface area contributed by atoms with E-state index in [-0.39, 0.29) is 0 Å². The summed E-state index contributed by atoms with van der Waals surface area (Å²) in [7, 11) is 0. The smallest absolute Gasteiger partial charge is 0.0215 e. The third kappa shape index (κ3) is 2.76. The van der Waals surface area contributed by atoms with Crippen molar-refractivity contribution >= 4 is 22.6 Å². The lowest BCUT2D eigenvalue weighted by Gasteiger charge is -2.29. The number of allylic oxidation sites excluding steroid dienone is 2. The fourth-order valence-corrected chi connectivity index (χ4v) is 4.59. The van der Waals surface area contributed by atoms with Gasteiger partial charge in [-0.25, -0.2) is 0 Å². The van der Waals surface area contributed by atoms with Crippen molar-refractivity contribution < 1.29 is 0 Å². The van der Waals surface area contributed by atoms with Gasteiger partial charge in [0.2, 0.25) is 0 Å². The molecule has 2 heteroatoms. The molecule has 0 spiro atoms. The molecule has 86 valence electrons. The van der Waals surface area contributed by atoms with Crippen molar-refractivity contribution in [2.45, 2.75) is 49.0 Å². The van der Waals surface area contributed by atoms with Crippen molar-refractivity contribution in [3.8, 4) is 0 Å². The van der Waals surface area contributed by atoms with Crippen LogP contribution in [-0.2, 0) is 0 Å². The van der Waals surface area contributed by atoms with Crippen LogP contribution >= 0.6 is 22.6 Å². The molecule has 0 saturated carbocycles. The number of halogens is 1. The van der Waals surface area contributed by atoms with Crippen molar-refractivity contribution in [1.82, 2.24) is 0 Å². The Hall–Kier alpha value is 0.430. The molecule has 1 nitrogen and oxygen atoms in total. The zero-order valence-corrected chi connectivity index (χ0v) is 11.7. The van der Waals surface area contributed by atoms with E-state index in [1.165, 1.54) is 32.1 Å². The van der Waals surface area contributed by atoms with Crippen molar-refractivity contribution in [2.75, 3.05) is 0 Å². The number of alkyl halides is 1. The molecule has 0 aliphatic heterocycles. The summed E-state index contributed by atoms with van der Waals surface area (Å²) in [6.07, 6.45) is 11.9. The van der Waals surface area contributed by atoms with E-state index in [4.69, 9.17) is 5.73 Å². The van der Waals surface area contributed by atoms with Gasteiger partial charge in [0, 0.05) is 9.97 Å². The lowest BCUT2D eigenvalue weighted by molar-refractivity contribution is 0.346. The molecule has 4 unspecified atom stereocenters. The van der Waals surface area contributed by atoms with Crippen LogP contribution in [0, 0.1) is 17.8 Å². The highest BCUT2D eigenvalue weighted by molar-refractivity contribution is 14.1. The Labute approximate surface area is 107 Å². The van der Waals surface area contributed by atoms with E-state index >= 15 is 0 Å². The van der Waals surface area contributed by atoms with E-state index < -0.39 is 0 Å². The van der Waals surface area contributed by atoms with E-state index in [2.05, 4.69) is 41.7 Å². The first-order valence-corrected chi connectivity index (χ1v) is 7.51. The van der Waals surface area contributed by atoms with Crippen LogP contribution in [0.15, 0.2) is 12.2 Å². The Balaban J connectivity index is 2.18. The van der Waals surface area contributed by atoms with Gasteiger partial charge < -0.3 is 5.73 Å². The summed E-state index contributed by atoms with van der Waals surface area (Å²) in [5.41, 5.74) is 6.15. The standard InChI is InChI=1S/C13H22IN/c1-9(15)12-8-10-4-2-3-5-11(7-6-10)13(12)14/h6-7,9-13H,2-5,8,15H2,1H3/t9?,10?,11?,12-,13?/m1/s1. The third-order valence-electron chi connectivity index (χ3n) is 4.06. The first-order valence-electron chi connectivity index (χ1n) is 6.26. The Morgan fingerprint density at radius 2 is 2.00 bits per heavy atom. The first-order chi connectivity index (χ1) is 7.18. The summed E-state index contributed by atoms with van der Waals surface area (Å²) in [5.74, 6) is 2.31.